The number of hydrogen-bond donors (Lipinski definition) is 1. The van der Waals surface area contributed by atoms with Crippen molar-refractivity contribution in [1.82, 2.24) is 9.88 Å². The Kier molecular flexibility index (Phi) is 6.29. The van der Waals surface area contributed by atoms with Gasteiger partial charge in [0, 0.05) is 29.7 Å². The van der Waals surface area contributed by atoms with Crippen LogP contribution in [0.4, 0.5) is 0 Å². The zero-order valence-corrected chi connectivity index (χ0v) is 17.9. The summed E-state index contributed by atoms with van der Waals surface area (Å²) < 4.78 is 11.3. The summed E-state index contributed by atoms with van der Waals surface area (Å²) in [5.74, 6) is 0.617. The van der Waals surface area contributed by atoms with Crippen LogP contribution >= 0.6 is 0 Å². The smallest absolute Gasteiger partial charge is 0.334 e. The largest absolute Gasteiger partial charge is 0.467 e. The second-order valence-corrected chi connectivity index (χ2v) is 8.69. The average molecular weight is 410 g/mol. The fourth-order valence-electron chi connectivity index (χ4n) is 5.30. The molecular weight excluding hydrogens is 378 g/mol. The van der Waals surface area contributed by atoms with Crippen LogP contribution in [0, 0.1) is 23.3 Å². The summed E-state index contributed by atoms with van der Waals surface area (Å²) >= 11 is 0. The number of nitriles is 1. The minimum absolute atomic E-state index is 0.194. The Balaban J connectivity index is 1.76. The summed E-state index contributed by atoms with van der Waals surface area (Å²) in [6.07, 6.45) is 7.97. The minimum atomic E-state index is -0.625. The van der Waals surface area contributed by atoms with E-state index in [1.165, 1.54) is 30.9 Å². The van der Waals surface area contributed by atoms with E-state index in [1.54, 1.807) is 6.92 Å². The number of nitrogens with zero attached hydrogens (tertiary/aromatic N) is 2. The Bertz CT molecular complexity index is 931. The van der Waals surface area contributed by atoms with E-state index in [9.17, 15) is 10.1 Å². The zero-order chi connectivity index (χ0) is 21.1. The number of benzene rings is 1. The van der Waals surface area contributed by atoms with Gasteiger partial charge >= 0.3 is 5.97 Å². The standard InChI is InChI=1S/C24H31N3O3/c1-16(24(28)29-2)30-22-13-17-7-3-4-8-18(17)14-27(15-25)12-11-20-19-9-5-6-10-21(19)26-23(20)22/h5-6,9-10,16-18,22,26H,3-4,7-8,11-14H2,1-2H3. The van der Waals surface area contributed by atoms with Crippen LogP contribution < -0.4 is 0 Å². The monoisotopic (exact) mass is 409 g/mol. The molecule has 1 aliphatic carbocycles. The number of carbonyl (C=O) groups excluding carboxylic acids is 1. The maximum absolute atomic E-state index is 12.1. The highest BCUT2D eigenvalue weighted by Crippen LogP contribution is 2.41. The maximum Gasteiger partial charge on any atom is 0.334 e. The van der Waals surface area contributed by atoms with Gasteiger partial charge in [-0.1, -0.05) is 37.5 Å². The van der Waals surface area contributed by atoms with Crippen molar-refractivity contribution in [3.63, 3.8) is 0 Å². The Hall–Kier alpha value is -2.52. The van der Waals surface area contributed by atoms with Crippen molar-refractivity contribution in [3.05, 3.63) is 35.5 Å². The lowest BCUT2D eigenvalue weighted by atomic mass is 9.75. The molecule has 0 saturated heterocycles. The van der Waals surface area contributed by atoms with Crippen molar-refractivity contribution in [3.8, 4) is 6.19 Å². The molecule has 6 heteroatoms. The van der Waals surface area contributed by atoms with E-state index in [0.29, 0.717) is 18.4 Å². The Morgan fingerprint density at radius 3 is 2.80 bits per heavy atom. The number of H-pyrrole nitrogens is 1. The molecule has 1 fully saturated rings. The lowest BCUT2D eigenvalue weighted by Gasteiger charge is -2.37. The molecule has 1 N–H and O–H groups in total. The third-order valence-corrected chi connectivity index (χ3v) is 6.88. The Morgan fingerprint density at radius 2 is 2.03 bits per heavy atom. The number of hydrogen-bond acceptors (Lipinski definition) is 5. The van der Waals surface area contributed by atoms with Gasteiger partial charge in [-0.3, -0.25) is 0 Å². The van der Waals surface area contributed by atoms with Gasteiger partial charge in [-0.15, -0.1) is 0 Å². The minimum Gasteiger partial charge on any atom is -0.467 e. The van der Waals surface area contributed by atoms with E-state index in [4.69, 9.17) is 9.47 Å². The van der Waals surface area contributed by atoms with Gasteiger partial charge in [0.15, 0.2) is 12.3 Å². The van der Waals surface area contributed by atoms with Crippen LogP contribution in [-0.4, -0.2) is 42.2 Å². The second kappa shape index (κ2) is 9.09. The van der Waals surface area contributed by atoms with Crippen LogP contribution in [0.3, 0.4) is 0 Å². The maximum atomic E-state index is 12.1. The van der Waals surface area contributed by atoms with E-state index < -0.39 is 6.10 Å². The van der Waals surface area contributed by atoms with E-state index in [-0.39, 0.29) is 12.1 Å². The summed E-state index contributed by atoms with van der Waals surface area (Å²) in [5, 5.41) is 10.9. The topological polar surface area (TPSA) is 78.3 Å². The number of aromatic nitrogens is 1. The number of para-hydroxylation sites is 1. The SMILES string of the molecule is COC(=O)C(C)OC1CC2CCCCC2CN(C#N)CCc2c1[nH]c1ccccc21. The number of aromatic amines is 1. The predicted molar refractivity (Wildman–Crippen MR) is 115 cm³/mol. The molecule has 4 atom stereocenters. The molecular formula is C24H31N3O3. The number of esters is 1. The van der Waals surface area contributed by atoms with Crippen LogP contribution in [0.25, 0.3) is 10.9 Å². The first-order valence-electron chi connectivity index (χ1n) is 11.1. The quantitative estimate of drug-likeness (QED) is 0.603. The van der Waals surface area contributed by atoms with Crippen LogP contribution in [-0.2, 0) is 20.7 Å². The molecule has 2 heterocycles. The lowest BCUT2D eigenvalue weighted by molar-refractivity contribution is -0.158. The van der Waals surface area contributed by atoms with Crippen LogP contribution in [0.1, 0.15) is 56.4 Å². The van der Waals surface area contributed by atoms with Crippen molar-refractivity contribution in [2.45, 2.75) is 57.7 Å². The van der Waals surface area contributed by atoms with Gasteiger partial charge in [0.05, 0.1) is 13.2 Å². The summed E-state index contributed by atoms with van der Waals surface area (Å²) in [7, 11) is 1.40. The highest BCUT2D eigenvalue weighted by atomic mass is 16.6. The number of nitrogens with one attached hydrogen (secondary N) is 1. The molecule has 30 heavy (non-hydrogen) atoms. The molecule has 0 amide bonds. The molecule has 1 aromatic carbocycles. The highest BCUT2D eigenvalue weighted by molar-refractivity contribution is 5.85. The van der Waals surface area contributed by atoms with Gasteiger partial charge in [0.2, 0.25) is 0 Å². The number of fused-ring (bicyclic) bond motifs is 4. The molecule has 0 bridgehead atoms. The van der Waals surface area contributed by atoms with Crippen molar-refractivity contribution in [2.75, 3.05) is 20.2 Å². The first kappa shape index (κ1) is 20.7. The van der Waals surface area contributed by atoms with Crippen molar-refractivity contribution >= 4 is 16.9 Å². The van der Waals surface area contributed by atoms with Crippen LogP contribution in [0.15, 0.2) is 24.3 Å². The average Bonchev–Trinajstić information content (AvgIpc) is 3.15. The third-order valence-electron chi connectivity index (χ3n) is 6.88. The van der Waals surface area contributed by atoms with Crippen molar-refractivity contribution in [2.24, 2.45) is 11.8 Å². The molecule has 0 spiro atoms. The molecule has 160 valence electrons. The fourth-order valence-corrected chi connectivity index (χ4v) is 5.30. The van der Waals surface area contributed by atoms with Gasteiger partial charge in [0.1, 0.15) is 0 Å². The zero-order valence-electron chi connectivity index (χ0n) is 17.9. The number of ether oxygens (including phenoxy) is 2. The van der Waals surface area contributed by atoms with Crippen molar-refractivity contribution in [1.29, 1.82) is 5.26 Å². The molecule has 0 radical (unpaired) electrons. The third kappa shape index (κ3) is 4.17. The summed E-state index contributed by atoms with van der Waals surface area (Å²) in [5.41, 5.74) is 3.32. The van der Waals surface area contributed by atoms with Gasteiger partial charge in [-0.05, 0) is 49.7 Å². The number of rotatable bonds is 3. The number of carbonyl (C=O) groups is 1. The normalized spacial score (nSPS) is 25.6. The van der Waals surface area contributed by atoms with E-state index in [1.807, 2.05) is 17.0 Å². The van der Waals surface area contributed by atoms with Crippen LogP contribution in [0.2, 0.25) is 0 Å². The molecule has 2 aliphatic rings. The predicted octanol–water partition coefficient (Wildman–Crippen LogP) is 4.32. The van der Waals surface area contributed by atoms with Crippen LogP contribution in [0.5, 0.6) is 0 Å². The second-order valence-electron chi connectivity index (χ2n) is 8.69. The summed E-state index contributed by atoms with van der Waals surface area (Å²) in [6, 6.07) is 8.27. The number of methoxy groups -OCH3 is 1. The lowest BCUT2D eigenvalue weighted by Crippen LogP contribution is -2.36. The molecule has 1 saturated carbocycles. The Morgan fingerprint density at radius 1 is 1.27 bits per heavy atom. The van der Waals surface area contributed by atoms with Crippen molar-refractivity contribution < 1.29 is 14.3 Å². The van der Waals surface area contributed by atoms with E-state index in [2.05, 4.69) is 23.3 Å². The Labute approximate surface area is 178 Å². The molecule has 4 rings (SSSR count). The van der Waals surface area contributed by atoms with Gasteiger partial charge < -0.3 is 19.4 Å². The summed E-state index contributed by atoms with van der Waals surface area (Å²) in [6.45, 7) is 3.29. The molecule has 6 nitrogen and oxygen atoms in total. The highest BCUT2D eigenvalue weighted by Gasteiger charge is 2.34. The fraction of sp³-hybridized carbons (Fsp3) is 0.583. The van der Waals surface area contributed by atoms with Gasteiger partial charge in [-0.25, -0.2) is 4.79 Å². The van der Waals surface area contributed by atoms with Gasteiger partial charge in [0.25, 0.3) is 0 Å². The summed E-state index contributed by atoms with van der Waals surface area (Å²) in [4.78, 5) is 17.6. The van der Waals surface area contributed by atoms with E-state index >= 15 is 0 Å². The molecule has 4 unspecified atom stereocenters. The first-order chi connectivity index (χ1) is 14.6. The first-order valence-corrected chi connectivity index (χ1v) is 11.1. The molecule has 2 aromatic rings. The molecule has 1 aromatic heterocycles. The van der Waals surface area contributed by atoms with Gasteiger partial charge in [-0.2, -0.15) is 5.26 Å². The van der Waals surface area contributed by atoms with E-state index in [0.717, 1.165) is 43.4 Å². The molecule has 1 aliphatic heterocycles.